The van der Waals surface area contributed by atoms with Crippen LogP contribution in [0.1, 0.15) is 46.5 Å². The summed E-state index contributed by atoms with van der Waals surface area (Å²) in [7, 11) is 0. The van der Waals surface area contributed by atoms with Gasteiger partial charge < -0.3 is 0 Å². The highest BCUT2D eigenvalue weighted by Gasteiger charge is 2.15. The second kappa shape index (κ2) is 3.23. The fourth-order valence-electron chi connectivity index (χ4n) is 1.30. The van der Waals surface area contributed by atoms with E-state index in [0.29, 0.717) is 0 Å². The molecule has 0 N–H and O–H groups in total. The summed E-state index contributed by atoms with van der Waals surface area (Å²) in [5.41, 5.74) is 3.41. The van der Waals surface area contributed by atoms with Gasteiger partial charge in [0, 0.05) is 0 Å². The molecule has 0 radical (unpaired) electrons. The van der Waals surface area contributed by atoms with E-state index >= 15 is 0 Å². The van der Waals surface area contributed by atoms with E-state index in [0.717, 1.165) is 5.92 Å². The lowest BCUT2D eigenvalue weighted by Gasteiger charge is -2.07. The van der Waals surface area contributed by atoms with Gasteiger partial charge in [0.2, 0.25) is 0 Å². The minimum absolute atomic E-state index is 0.896. The smallest absolute Gasteiger partial charge is 0.0280 e. The molecule has 0 saturated heterocycles. The first-order valence-electron chi connectivity index (χ1n) is 4.41. The second-order valence-electron chi connectivity index (χ2n) is 3.60. The van der Waals surface area contributed by atoms with E-state index in [2.05, 4.69) is 20.8 Å². The van der Waals surface area contributed by atoms with Gasteiger partial charge in [-0.2, -0.15) is 0 Å². The quantitative estimate of drug-likeness (QED) is 0.523. The van der Waals surface area contributed by atoms with Gasteiger partial charge >= 0.3 is 0 Å². The third kappa shape index (κ3) is 2.17. The van der Waals surface area contributed by atoms with Crippen LogP contribution in [0, 0.1) is 5.92 Å². The van der Waals surface area contributed by atoms with E-state index in [-0.39, 0.29) is 0 Å². The maximum absolute atomic E-state index is 2.34. The van der Waals surface area contributed by atoms with E-state index in [4.69, 9.17) is 0 Å². The van der Waals surface area contributed by atoms with Crippen LogP contribution in [-0.4, -0.2) is 0 Å². The fraction of sp³-hybridized carbons (Fsp3) is 0.800. The third-order valence-electron chi connectivity index (χ3n) is 2.46. The molecule has 0 amide bonds. The van der Waals surface area contributed by atoms with Gasteiger partial charge in [0.05, 0.1) is 0 Å². The number of rotatable bonds is 3. The van der Waals surface area contributed by atoms with Crippen LogP contribution in [0.15, 0.2) is 11.1 Å². The van der Waals surface area contributed by atoms with Crippen LogP contribution >= 0.6 is 0 Å². The van der Waals surface area contributed by atoms with Crippen molar-refractivity contribution >= 4 is 0 Å². The molecule has 0 heteroatoms. The van der Waals surface area contributed by atoms with Gasteiger partial charge in [-0.25, -0.2) is 0 Å². The van der Waals surface area contributed by atoms with Crippen LogP contribution in [0.25, 0.3) is 0 Å². The van der Waals surface area contributed by atoms with Crippen LogP contribution in [0.5, 0.6) is 0 Å². The lowest BCUT2D eigenvalue weighted by atomic mass is 9.99. The van der Waals surface area contributed by atoms with Gasteiger partial charge in [-0.05, 0) is 32.1 Å². The van der Waals surface area contributed by atoms with Crippen LogP contribution in [0.2, 0.25) is 0 Å². The lowest BCUT2D eigenvalue weighted by Crippen LogP contribution is -1.92. The maximum atomic E-state index is 2.34. The molecule has 0 spiro atoms. The molecule has 0 heterocycles. The molecule has 1 aliphatic carbocycles. The minimum atomic E-state index is 0.896. The predicted octanol–water partition coefficient (Wildman–Crippen LogP) is 3.53. The van der Waals surface area contributed by atoms with Crippen molar-refractivity contribution < 1.29 is 0 Å². The Morgan fingerprint density at radius 2 is 2.10 bits per heavy atom. The Labute approximate surface area is 64.3 Å². The van der Waals surface area contributed by atoms with Crippen molar-refractivity contribution in [3.8, 4) is 0 Å². The number of allylic oxidation sites excluding steroid dienone is 2. The molecule has 0 aromatic carbocycles. The van der Waals surface area contributed by atoms with Crippen molar-refractivity contribution in [1.82, 2.24) is 0 Å². The summed E-state index contributed by atoms with van der Waals surface area (Å²) in [5.74, 6) is 0.896. The molecule has 1 saturated carbocycles. The van der Waals surface area contributed by atoms with E-state index in [9.17, 15) is 0 Å². The summed E-state index contributed by atoms with van der Waals surface area (Å²) < 4.78 is 0. The molecule has 10 heavy (non-hydrogen) atoms. The molecule has 0 aromatic heterocycles. The minimum Gasteiger partial charge on any atom is -0.0738 e. The summed E-state index contributed by atoms with van der Waals surface area (Å²) in [6, 6.07) is 0. The summed E-state index contributed by atoms with van der Waals surface area (Å²) in [6.45, 7) is 6.91. The fourth-order valence-corrected chi connectivity index (χ4v) is 1.30. The van der Waals surface area contributed by atoms with Crippen molar-refractivity contribution in [3.05, 3.63) is 11.1 Å². The molecule has 1 aliphatic rings. The largest absolute Gasteiger partial charge is 0.0738 e. The molecule has 0 aliphatic heterocycles. The predicted molar refractivity (Wildman–Crippen MR) is 46.0 cm³/mol. The monoisotopic (exact) mass is 138 g/mol. The highest BCUT2D eigenvalue weighted by Crippen LogP contribution is 2.34. The van der Waals surface area contributed by atoms with Crippen molar-refractivity contribution in [2.75, 3.05) is 0 Å². The van der Waals surface area contributed by atoms with Gasteiger partial charge in [0.15, 0.2) is 0 Å². The van der Waals surface area contributed by atoms with E-state index in [1.807, 2.05) is 0 Å². The summed E-state index contributed by atoms with van der Waals surface area (Å²) in [6.07, 6.45) is 5.45. The molecular weight excluding hydrogens is 120 g/mol. The average molecular weight is 138 g/mol. The summed E-state index contributed by atoms with van der Waals surface area (Å²) in [5, 5.41) is 0. The first-order chi connectivity index (χ1) is 4.74. The number of hydrogen-bond acceptors (Lipinski definition) is 0. The molecule has 0 bridgehead atoms. The number of hydrogen-bond donors (Lipinski definition) is 0. The molecule has 1 rings (SSSR count). The first-order valence-corrected chi connectivity index (χ1v) is 4.41. The highest BCUT2D eigenvalue weighted by molar-refractivity contribution is 5.23. The Balaban J connectivity index is 2.30. The lowest BCUT2D eigenvalue weighted by molar-refractivity contribution is 0.556. The Bertz CT molecular complexity index is 136. The molecule has 1 unspecified atom stereocenters. The van der Waals surface area contributed by atoms with Gasteiger partial charge in [-0.1, -0.05) is 31.4 Å². The van der Waals surface area contributed by atoms with Crippen LogP contribution in [-0.2, 0) is 0 Å². The Hall–Kier alpha value is -0.260. The maximum Gasteiger partial charge on any atom is -0.0280 e. The zero-order valence-corrected chi connectivity index (χ0v) is 7.41. The van der Waals surface area contributed by atoms with E-state index in [1.54, 1.807) is 11.1 Å². The van der Waals surface area contributed by atoms with Crippen molar-refractivity contribution in [3.63, 3.8) is 0 Å². The van der Waals surface area contributed by atoms with Crippen molar-refractivity contribution in [2.45, 2.75) is 46.5 Å². The zero-order chi connectivity index (χ0) is 7.56. The van der Waals surface area contributed by atoms with Gasteiger partial charge in [-0.3, -0.25) is 0 Å². The normalized spacial score (nSPS) is 18.9. The van der Waals surface area contributed by atoms with Gasteiger partial charge in [0.25, 0.3) is 0 Å². The van der Waals surface area contributed by atoms with Crippen LogP contribution in [0.3, 0.4) is 0 Å². The highest BCUT2D eigenvalue weighted by atomic mass is 14.2. The Morgan fingerprint density at radius 3 is 2.50 bits per heavy atom. The second-order valence-corrected chi connectivity index (χ2v) is 3.60. The van der Waals surface area contributed by atoms with Crippen LogP contribution < -0.4 is 0 Å². The average Bonchev–Trinajstić information content (AvgIpc) is 2.68. The van der Waals surface area contributed by atoms with E-state index < -0.39 is 0 Å². The standard InChI is InChI=1S/C10H18/c1-4-8(2)7-9(3)10-5-6-10/h8H,4-7H2,1-3H3. The summed E-state index contributed by atoms with van der Waals surface area (Å²) in [4.78, 5) is 0. The summed E-state index contributed by atoms with van der Waals surface area (Å²) >= 11 is 0. The van der Waals surface area contributed by atoms with Gasteiger partial charge in [0.1, 0.15) is 0 Å². The molecular formula is C10H18. The molecule has 1 fully saturated rings. The van der Waals surface area contributed by atoms with Crippen LogP contribution in [0.4, 0.5) is 0 Å². The molecule has 58 valence electrons. The molecule has 1 atom stereocenters. The van der Waals surface area contributed by atoms with Gasteiger partial charge in [-0.15, -0.1) is 0 Å². The van der Waals surface area contributed by atoms with E-state index in [1.165, 1.54) is 25.7 Å². The first kappa shape index (κ1) is 7.84. The molecule has 0 nitrogen and oxygen atoms in total. The van der Waals surface area contributed by atoms with Crippen molar-refractivity contribution in [2.24, 2.45) is 5.92 Å². The third-order valence-corrected chi connectivity index (χ3v) is 2.46. The SMILES string of the molecule is CCC(C)CC(C)=C1CC1. The Kier molecular flexibility index (Phi) is 2.53. The van der Waals surface area contributed by atoms with Crippen molar-refractivity contribution in [1.29, 1.82) is 0 Å². The topological polar surface area (TPSA) is 0 Å². The molecule has 0 aromatic rings. The zero-order valence-electron chi connectivity index (χ0n) is 7.41. The Morgan fingerprint density at radius 1 is 1.50 bits per heavy atom.